The van der Waals surface area contributed by atoms with Gasteiger partial charge in [-0.3, -0.25) is 4.90 Å². The predicted octanol–water partition coefficient (Wildman–Crippen LogP) is 6.23. The van der Waals surface area contributed by atoms with Crippen molar-refractivity contribution in [1.82, 2.24) is 4.90 Å². The van der Waals surface area contributed by atoms with Gasteiger partial charge in [0.05, 0.1) is 0 Å². The summed E-state index contributed by atoms with van der Waals surface area (Å²) in [5, 5.41) is 0. The second-order valence-electron chi connectivity index (χ2n) is 9.12. The predicted molar refractivity (Wildman–Crippen MR) is 122 cm³/mol. The maximum absolute atomic E-state index is 14.9. The highest BCUT2D eigenvalue weighted by molar-refractivity contribution is 5.84. The smallest absolute Gasteiger partial charge is 0.131 e. The largest absolute Gasteiger partial charge is 0.326 e. The first-order valence-corrected chi connectivity index (χ1v) is 11.1. The Labute approximate surface area is 182 Å². The molecule has 2 nitrogen and oxygen atoms in total. The zero-order valence-corrected chi connectivity index (χ0v) is 18.0. The standard InChI is InChI=1S/C27H28F2N2/c1-16-6-9-23(25(29)12-16)22-10-7-18(14-24(22)19-4-3-5-20(28)13-19)17(2)31-21-8-11-27(31)26(30)15-21/h3-7,9-10,12-14,17,21,26-27H,8,11,15,30H2,1-2H3/t17?,21-,26+,27+/m1/s1. The van der Waals surface area contributed by atoms with Crippen molar-refractivity contribution >= 4 is 0 Å². The van der Waals surface area contributed by atoms with Gasteiger partial charge in [-0.25, -0.2) is 8.78 Å². The summed E-state index contributed by atoms with van der Waals surface area (Å²) in [4.78, 5) is 2.56. The molecule has 4 heteroatoms. The van der Waals surface area contributed by atoms with Gasteiger partial charge in [0.1, 0.15) is 11.6 Å². The molecule has 160 valence electrons. The zero-order chi connectivity index (χ0) is 21.7. The first-order valence-electron chi connectivity index (χ1n) is 11.1. The van der Waals surface area contributed by atoms with E-state index in [1.54, 1.807) is 12.1 Å². The van der Waals surface area contributed by atoms with Crippen molar-refractivity contribution in [2.75, 3.05) is 0 Å². The summed E-state index contributed by atoms with van der Waals surface area (Å²) >= 11 is 0. The molecule has 0 radical (unpaired) electrons. The van der Waals surface area contributed by atoms with E-state index in [1.165, 1.54) is 18.6 Å². The van der Waals surface area contributed by atoms with Crippen LogP contribution in [0.3, 0.4) is 0 Å². The lowest BCUT2D eigenvalue weighted by atomic mass is 9.90. The van der Waals surface area contributed by atoms with Crippen LogP contribution in [0.15, 0.2) is 60.7 Å². The van der Waals surface area contributed by atoms with Gasteiger partial charge in [-0.2, -0.15) is 0 Å². The Bertz CT molecular complexity index is 1130. The molecule has 2 heterocycles. The van der Waals surface area contributed by atoms with Crippen LogP contribution in [-0.4, -0.2) is 23.0 Å². The van der Waals surface area contributed by atoms with E-state index in [4.69, 9.17) is 5.73 Å². The molecule has 0 amide bonds. The van der Waals surface area contributed by atoms with Crippen LogP contribution >= 0.6 is 0 Å². The summed E-state index contributed by atoms with van der Waals surface area (Å²) in [7, 11) is 0. The molecule has 3 aromatic rings. The lowest BCUT2D eigenvalue weighted by molar-refractivity contribution is 0.186. The second-order valence-corrected chi connectivity index (χ2v) is 9.12. The summed E-state index contributed by atoms with van der Waals surface area (Å²) < 4.78 is 29.0. The van der Waals surface area contributed by atoms with E-state index in [0.717, 1.165) is 40.7 Å². The van der Waals surface area contributed by atoms with Crippen molar-refractivity contribution in [3.63, 3.8) is 0 Å². The molecule has 3 aromatic carbocycles. The van der Waals surface area contributed by atoms with E-state index in [9.17, 15) is 8.78 Å². The molecule has 2 aliphatic rings. The van der Waals surface area contributed by atoms with Crippen molar-refractivity contribution in [1.29, 1.82) is 0 Å². The van der Waals surface area contributed by atoms with Crippen molar-refractivity contribution < 1.29 is 8.78 Å². The molecule has 5 rings (SSSR count). The number of rotatable bonds is 4. The lowest BCUT2D eigenvalue weighted by Gasteiger charge is -2.30. The zero-order valence-electron chi connectivity index (χ0n) is 18.0. The molecular formula is C27H28F2N2. The van der Waals surface area contributed by atoms with Crippen LogP contribution in [0.25, 0.3) is 22.3 Å². The minimum atomic E-state index is -0.296. The van der Waals surface area contributed by atoms with Crippen molar-refractivity contribution in [2.24, 2.45) is 5.73 Å². The van der Waals surface area contributed by atoms with Crippen LogP contribution in [0.4, 0.5) is 8.78 Å². The molecule has 2 fully saturated rings. The minimum Gasteiger partial charge on any atom is -0.326 e. The molecular weight excluding hydrogens is 390 g/mol. The van der Waals surface area contributed by atoms with Crippen LogP contribution < -0.4 is 5.73 Å². The average Bonchev–Trinajstić information content (AvgIpc) is 3.30. The highest BCUT2D eigenvalue weighted by atomic mass is 19.1. The molecule has 2 N–H and O–H groups in total. The van der Waals surface area contributed by atoms with Gasteiger partial charge in [0.15, 0.2) is 0 Å². The van der Waals surface area contributed by atoms with Crippen LogP contribution in [0.2, 0.25) is 0 Å². The fraction of sp³-hybridized carbons (Fsp3) is 0.333. The quantitative estimate of drug-likeness (QED) is 0.544. The normalized spacial score (nSPS) is 24.0. The summed E-state index contributed by atoms with van der Waals surface area (Å²) in [6.07, 6.45) is 3.41. The van der Waals surface area contributed by atoms with Crippen LogP contribution in [0.5, 0.6) is 0 Å². The van der Waals surface area contributed by atoms with Gasteiger partial charge < -0.3 is 5.73 Å². The summed E-state index contributed by atoms with van der Waals surface area (Å²) in [6.45, 7) is 4.10. The summed E-state index contributed by atoms with van der Waals surface area (Å²) in [5.41, 5.74) is 11.3. The number of benzene rings is 3. The second kappa shape index (κ2) is 7.85. The van der Waals surface area contributed by atoms with E-state index < -0.39 is 0 Å². The monoisotopic (exact) mass is 418 g/mol. The maximum Gasteiger partial charge on any atom is 0.131 e. The van der Waals surface area contributed by atoms with Gasteiger partial charge in [0.25, 0.3) is 0 Å². The van der Waals surface area contributed by atoms with Gasteiger partial charge in [0, 0.05) is 29.7 Å². The molecule has 2 bridgehead atoms. The average molecular weight is 419 g/mol. The molecule has 2 aliphatic heterocycles. The molecule has 0 spiro atoms. The van der Waals surface area contributed by atoms with Crippen molar-refractivity contribution in [3.8, 4) is 22.3 Å². The summed E-state index contributed by atoms with van der Waals surface area (Å²) in [5.74, 6) is -0.558. The van der Waals surface area contributed by atoms with Crippen molar-refractivity contribution in [3.05, 3.63) is 83.4 Å². The third-order valence-electron chi connectivity index (χ3n) is 7.16. The van der Waals surface area contributed by atoms with Gasteiger partial charge in [-0.1, -0.05) is 36.4 Å². The Kier molecular flexibility index (Phi) is 5.15. The Morgan fingerprint density at radius 1 is 0.935 bits per heavy atom. The number of hydrogen-bond acceptors (Lipinski definition) is 2. The highest BCUT2D eigenvalue weighted by Crippen LogP contribution is 2.44. The first kappa shape index (κ1) is 20.3. The van der Waals surface area contributed by atoms with Crippen LogP contribution in [0, 0.1) is 18.6 Å². The number of halogens is 2. The van der Waals surface area contributed by atoms with Crippen LogP contribution in [-0.2, 0) is 0 Å². The van der Waals surface area contributed by atoms with Crippen LogP contribution in [0.1, 0.15) is 43.4 Å². The number of hydrogen-bond donors (Lipinski definition) is 1. The molecule has 0 aliphatic carbocycles. The van der Waals surface area contributed by atoms with Gasteiger partial charge in [-0.05, 0) is 85.2 Å². The Morgan fingerprint density at radius 3 is 2.42 bits per heavy atom. The molecule has 2 saturated heterocycles. The lowest BCUT2D eigenvalue weighted by Crippen LogP contribution is -2.38. The van der Waals surface area contributed by atoms with Gasteiger partial charge >= 0.3 is 0 Å². The first-order chi connectivity index (χ1) is 14.9. The van der Waals surface area contributed by atoms with E-state index in [0.29, 0.717) is 17.6 Å². The van der Waals surface area contributed by atoms with E-state index in [1.807, 2.05) is 31.2 Å². The van der Waals surface area contributed by atoms with Crippen molar-refractivity contribution in [2.45, 2.75) is 57.3 Å². The SMILES string of the molecule is Cc1ccc(-c2ccc(C(C)N3[C@@H]4CC[C@H]3[C@@H](N)C4)cc2-c2cccc(F)c2)c(F)c1. The molecule has 31 heavy (non-hydrogen) atoms. The molecule has 4 atom stereocenters. The topological polar surface area (TPSA) is 29.3 Å². The number of fused-ring (bicyclic) bond motifs is 2. The third kappa shape index (κ3) is 3.58. The van der Waals surface area contributed by atoms with E-state index >= 15 is 0 Å². The number of nitrogens with zero attached hydrogens (tertiary/aromatic N) is 1. The highest BCUT2D eigenvalue weighted by Gasteiger charge is 2.46. The summed E-state index contributed by atoms with van der Waals surface area (Å²) in [6, 6.07) is 19.4. The minimum absolute atomic E-state index is 0.204. The number of nitrogens with two attached hydrogens (primary N) is 1. The Morgan fingerprint density at radius 2 is 1.74 bits per heavy atom. The Hall–Kier alpha value is -2.56. The molecule has 0 aromatic heterocycles. The fourth-order valence-electron chi connectivity index (χ4n) is 5.64. The molecule has 1 unspecified atom stereocenters. The third-order valence-corrected chi connectivity index (χ3v) is 7.16. The molecule has 0 saturated carbocycles. The van der Waals surface area contributed by atoms with E-state index in [2.05, 4.69) is 24.0 Å². The van der Waals surface area contributed by atoms with Gasteiger partial charge in [-0.15, -0.1) is 0 Å². The van der Waals surface area contributed by atoms with E-state index in [-0.39, 0.29) is 23.7 Å². The number of aryl methyl sites for hydroxylation is 1. The Balaban J connectivity index is 1.62. The maximum atomic E-state index is 14.9. The van der Waals surface area contributed by atoms with Gasteiger partial charge in [0.2, 0.25) is 0 Å². The fourth-order valence-corrected chi connectivity index (χ4v) is 5.64.